The van der Waals surface area contributed by atoms with Gasteiger partial charge >= 0.3 is 5.97 Å². The van der Waals surface area contributed by atoms with Crippen LogP contribution in [0.15, 0.2) is 47.4 Å². The molecule has 0 aliphatic carbocycles. The molecule has 0 atom stereocenters. The van der Waals surface area contributed by atoms with Gasteiger partial charge in [-0.1, -0.05) is 11.6 Å². The van der Waals surface area contributed by atoms with Crippen molar-refractivity contribution in [2.75, 3.05) is 6.79 Å². The van der Waals surface area contributed by atoms with Crippen LogP contribution in [0, 0.1) is 13.8 Å². The minimum atomic E-state index is -0.990. The van der Waals surface area contributed by atoms with Gasteiger partial charge in [-0.3, -0.25) is 14.5 Å². The van der Waals surface area contributed by atoms with Gasteiger partial charge in [0.1, 0.15) is 0 Å². The van der Waals surface area contributed by atoms with Gasteiger partial charge in [-0.15, -0.1) is 0 Å². The number of halogens is 1. The lowest BCUT2D eigenvalue weighted by Crippen LogP contribution is -2.27. The number of amides is 2. The average Bonchev–Trinajstić information content (AvgIpc) is 3.46. The summed E-state index contributed by atoms with van der Waals surface area (Å²) in [6, 6.07) is 11.8. The number of carboxylic acids is 1. The maximum atomic E-state index is 13.1. The Morgan fingerprint density at radius 3 is 2.49 bits per heavy atom. The molecule has 0 saturated carbocycles. The first-order valence-electron chi connectivity index (χ1n) is 10.6. The molecule has 1 fully saturated rings. The number of nitrogens with zero attached hydrogens (tertiary/aromatic N) is 2. The second-order valence-corrected chi connectivity index (χ2v) is 9.48. The van der Waals surface area contributed by atoms with Gasteiger partial charge in [0, 0.05) is 28.2 Å². The number of hydrogen-bond donors (Lipinski definition) is 1. The third kappa shape index (κ3) is 4.17. The van der Waals surface area contributed by atoms with Crippen molar-refractivity contribution in [3.8, 4) is 17.2 Å². The van der Waals surface area contributed by atoms with E-state index in [0.717, 1.165) is 39.3 Å². The number of aromatic carboxylic acids is 1. The number of aryl methyl sites for hydroxylation is 1. The standard InChI is InChI=1S/C25H19ClN2O6S/c1-13-7-16(14(2)28(13)18-5-3-15(4-6-18)24(30)31)9-22-23(29)27(25(32)35-22)11-17-8-20-21(10-19(17)26)34-12-33-20/h3-10H,11-12H2,1-2H3,(H,30,31)/b22-9+. The monoisotopic (exact) mass is 510 g/mol. The third-order valence-corrected chi connectivity index (χ3v) is 7.13. The summed E-state index contributed by atoms with van der Waals surface area (Å²) in [7, 11) is 0. The summed E-state index contributed by atoms with van der Waals surface area (Å²) >= 11 is 7.21. The second-order valence-electron chi connectivity index (χ2n) is 8.08. The van der Waals surface area contributed by atoms with Crippen molar-refractivity contribution >= 4 is 46.6 Å². The van der Waals surface area contributed by atoms with Crippen LogP contribution in [0.25, 0.3) is 11.8 Å². The third-order valence-electron chi connectivity index (χ3n) is 5.87. The normalized spacial score (nSPS) is 16.0. The van der Waals surface area contributed by atoms with Gasteiger partial charge in [0.15, 0.2) is 11.5 Å². The summed E-state index contributed by atoms with van der Waals surface area (Å²) in [5.41, 5.74) is 4.14. The number of carboxylic acid groups (broad SMARTS) is 1. The van der Waals surface area contributed by atoms with Crippen molar-refractivity contribution in [1.82, 2.24) is 9.47 Å². The van der Waals surface area contributed by atoms with E-state index in [9.17, 15) is 14.4 Å². The van der Waals surface area contributed by atoms with E-state index in [0.29, 0.717) is 27.0 Å². The molecule has 35 heavy (non-hydrogen) atoms. The van der Waals surface area contributed by atoms with Crippen LogP contribution < -0.4 is 9.47 Å². The highest BCUT2D eigenvalue weighted by atomic mass is 35.5. The van der Waals surface area contributed by atoms with Gasteiger partial charge in [0.25, 0.3) is 11.1 Å². The van der Waals surface area contributed by atoms with Crippen LogP contribution in [-0.4, -0.2) is 38.5 Å². The fourth-order valence-corrected chi connectivity index (χ4v) is 5.16. The largest absolute Gasteiger partial charge is 0.478 e. The van der Waals surface area contributed by atoms with Crippen molar-refractivity contribution in [1.29, 1.82) is 0 Å². The van der Waals surface area contributed by atoms with Crippen LogP contribution in [0.4, 0.5) is 4.79 Å². The smallest absolute Gasteiger partial charge is 0.335 e. The molecule has 2 aliphatic heterocycles. The molecule has 178 valence electrons. The molecule has 2 aromatic carbocycles. The van der Waals surface area contributed by atoms with Crippen LogP contribution in [-0.2, 0) is 11.3 Å². The maximum Gasteiger partial charge on any atom is 0.335 e. The fourth-order valence-electron chi connectivity index (χ4n) is 4.11. The Kier molecular flexibility index (Phi) is 5.82. The molecule has 5 rings (SSSR count). The summed E-state index contributed by atoms with van der Waals surface area (Å²) in [6.07, 6.45) is 1.70. The zero-order valence-corrected chi connectivity index (χ0v) is 20.3. The van der Waals surface area contributed by atoms with Gasteiger partial charge in [-0.2, -0.15) is 0 Å². The van der Waals surface area contributed by atoms with Gasteiger partial charge in [0.05, 0.1) is 17.0 Å². The molecule has 0 spiro atoms. The molecule has 0 radical (unpaired) electrons. The lowest BCUT2D eigenvalue weighted by Gasteiger charge is -2.14. The highest BCUT2D eigenvalue weighted by Crippen LogP contribution is 2.39. The van der Waals surface area contributed by atoms with Gasteiger partial charge in [-0.25, -0.2) is 4.79 Å². The predicted molar refractivity (Wildman–Crippen MR) is 131 cm³/mol. The summed E-state index contributed by atoms with van der Waals surface area (Å²) in [4.78, 5) is 38.4. The molecule has 8 nitrogen and oxygen atoms in total. The Morgan fingerprint density at radius 2 is 1.80 bits per heavy atom. The maximum absolute atomic E-state index is 13.1. The van der Waals surface area contributed by atoms with E-state index in [1.807, 2.05) is 24.5 Å². The van der Waals surface area contributed by atoms with E-state index in [-0.39, 0.29) is 24.1 Å². The van der Waals surface area contributed by atoms with Crippen molar-refractivity contribution in [3.63, 3.8) is 0 Å². The number of carbonyl (C=O) groups is 3. The highest BCUT2D eigenvalue weighted by molar-refractivity contribution is 8.18. The molecule has 3 heterocycles. The summed E-state index contributed by atoms with van der Waals surface area (Å²) in [5.74, 6) is -0.336. The Hall–Kier alpha value is -3.69. The minimum Gasteiger partial charge on any atom is -0.478 e. The second kappa shape index (κ2) is 8.83. The number of rotatable bonds is 5. The lowest BCUT2D eigenvalue weighted by atomic mass is 10.1. The predicted octanol–water partition coefficient (Wildman–Crippen LogP) is 5.41. The number of benzene rings is 2. The summed E-state index contributed by atoms with van der Waals surface area (Å²) in [6.45, 7) is 3.94. The summed E-state index contributed by atoms with van der Waals surface area (Å²) < 4.78 is 12.6. The van der Waals surface area contributed by atoms with E-state index >= 15 is 0 Å². The van der Waals surface area contributed by atoms with Crippen LogP contribution in [0.1, 0.15) is 32.9 Å². The topological polar surface area (TPSA) is 98.1 Å². The quantitative estimate of drug-likeness (QED) is 0.458. The molecule has 1 saturated heterocycles. The van der Waals surface area contributed by atoms with E-state index in [4.69, 9.17) is 26.2 Å². The van der Waals surface area contributed by atoms with E-state index in [1.165, 1.54) is 0 Å². The zero-order chi connectivity index (χ0) is 24.9. The molecule has 1 N–H and O–H groups in total. The van der Waals surface area contributed by atoms with E-state index in [1.54, 1.807) is 42.5 Å². The van der Waals surface area contributed by atoms with E-state index < -0.39 is 11.9 Å². The van der Waals surface area contributed by atoms with Crippen molar-refractivity contribution in [2.45, 2.75) is 20.4 Å². The minimum absolute atomic E-state index is 0.0203. The lowest BCUT2D eigenvalue weighted by molar-refractivity contribution is -0.123. The summed E-state index contributed by atoms with van der Waals surface area (Å²) in [5, 5.41) is 9.14. The molecular weight excluding hydrogens is 492 g/mol. The zero-order valence-electron chi connectivity index (χ0n) is 18.7. The highest BCUT2D eigenvalue weighted by Gasteiger charge is 2.36. The van der Waals surface area contributed by atoms with E-state index in [2.05, 4.69) is 0 Å². The SMILES string of the molecule is Cc1cc(/C=C2/SC(=O)N(Cc3cc4c(cc3Cl)OCO4)C2=O)c(C)n1-c1ccc(C(=O)O)cc1. The van der Waals surface area contributed by atoms with Crippen LogP contribution in [0.3, 0.4) is 0 Å². The van der Waals surface area contributed by atoms with Crippen LogP contribution in [0.5, 0.6) is 11.5 Å². The molecular formula is C25H19ClN2O6S. The first-order valence-corrected chi connectivity index (χ1v) is 11.8. The van der Waals surface area contributed by atoms with Crippen molar-refractivity contribution in [2.24, 2.45) is 0 Å². The number of carbonyl (C=O) groups excluding carboxylic acids is 2. The molecule has 2 aliphatic rings. The Balaban J connectivity index is 1.41. The average molecular weight is 511 g/mol. The van der Waals surface area contributed by atoms with Crippen molar-refractivity contribution in [3.05, 3.63) is 80.5 Å². The number of hydrogen-bond acceptors (Lipinski definition) is 6. The molecule has 1 aromatic heterocycles. The Bertz CT molecular complexity index is 1430. The number of thioether (sulfide) groups is 1. The molecule has 3 aromatic rings. The fraction of sp³-hybridized carbons (Fsp3) is 0.160. The van der Waals surface area contributed by atoms with Crippen molar-refractivity contribution < 1.29 is 29.0 Å². The van der Waals surface area contributed by atoms with Crippen LogP contribution >= 0.6 is 23.4 Å². The van der Waals surface area contributed by atoms with Gasteiger partial charge in [0.2, 0.25) is 6.79 Å². The van der Waals surface area contributed by atoms with Crippen LogP contribution in [0.2, 0.25) is 5.02 Å². The first kappa shape index (κ1) is 23.1. The number of imide groups is 1. The number of aromatic nitrogens is 1. The molecule has 2 amide bonds. The molecule has 0 unspecified atom stereocenters. The Morgan fingerprint density at radius 1 is 1.11 bits per heavy atom. The number of ether oxygens (including phenoxy) is 2. The molecule has 10 heteroatoms. The molecule has 0 bridgehead atoms. The Labute approximate surface area is 209 Å². The van der Waals surface area contributed by atoms with Gasteiger partial charge in [-0.05, 0) is 79.2 Å². The number of fused-ring (bicyclic) bond motifs is 1. The van der Waals surface area contributed by atoms with Gasteiger partial charge < -0.3 is 19.1 Å². The first-order chi connectivity index (χ1) is 16.7.